The Labute approximate surface area is 100 Å². The van der Waals surface area contributed by atoms with E-state index in [1.54, 1.807) is 18.8 Å². The third-order valence-electron chi connectivity index (χ3n) is 1.71. The van der Waals surface area contributed by atoms with Gasteiger partial charge in [0.1, 0.15) is 0 Å². The van der Waals surface area contributed by atoms with Gasteiger partial charge in [0.15, 0.2) is 0 Å². The van der Waals surface area contributed by atoms with E-state index in [9.17, 15) is 0 Å². The Morgan fingerprint density at radius 2 is 2.00 bits per heavy atom. The number of carboxylic acid groups (broad SMARTS) is 1. The normalized spacial score (nSPS) is 21.1. The van der Waals surface area contributed by atoms with Crippen molar-refractivity contribution in [2.24, 2.45) is 11.5 Å². The van der Waals surface area contributed by atoms with Crippen LogP contribution in [0.3, 0.4) is 0 Å². The molecule has 5 N–H and O–H groups in total. The Morgan fingerprint density at radius 1 is 1.57 bits per heavy atom. The molecular formula is C8H17ClN2O2Pt. The molecule has 88 valence electrons. The van der Waals surface area contributed by atoms with E-state index < -0.39 is 5.97 Å². The summed E-state index contributed by atoms with van der Waals surface area (Å²) in [5, 5.41) is 7.42. The van der Waals surface area contributed by atoms with Crippen molar-refractivity contribution >= 4 is 15.4 Å². The predicted octanol–water partition coefficient (Wildman–Crippen LogP) is 1.16. The molecule has 0 spiro atoms. The van der Waals surface area contributed by atoms with Crippen LogP contribution in [0, 0.1) is 6.04 Å². The first-order valence-corrected chi connectivity index (χ1v) is 7.04. The molecule has 0 amide bonds. The molecule has 0 aliphatic heterocycles. The number of halogens is 1. The van der Waals surface area contributed by atoms with E-state index in [1.807, 2.05) is 0 Å². The molecule has 0 heterocycles. The van der Waals surface area contributed by atoms with Gasteiger partial charge in [-0.15, -0.1) is 6.04 Å². The van der Waals surface area contributed by atoms with Crippen molar-refractivity contribution in [3.8, 4) is 0 Å². The van der Waals surface area contributed by atoms with Crippen LogP contribution in [0.2, 0.25) is 0 Å². The average molecular weight is 404 g/mol. The van der Waals surface area contributed by atoms with Gasteiger partial charge < -0.3 is 16.6 Å². The molecule has 1 aliphatic carbocycles. The van der Waals surface area contributed by atoms with Gasteiger partial charge in [-0.05, 0) is 0 Å². The van der Waals surface area contributed by atoms with Crippen molar-refractivity contribution in [3.05, 3.63) is 6.04 Å². The standard InChI is InChI=1S/C6H13N2.C2H4O2.ClH.Pt/c7-5-3-1-2-4-6(5)8;1-2(3)4;;/h5H,1-4,7-8H2;1H3,(H,3,4);1H;/q-1;;;+2/p-1/t5-;;;/m1.../s1. The first-order valence-electron chi connectivity index (χ1n) is 4.22. The van der Waals surface area contributed by atoms with Gasteiger partial charge in [-0.2, -0.15) is 6.42 Å². The molecule has 0 radical (unpaired) electrons. The molecule has 0 bridgehead atoms. The Bertz CT molecular complexity index is 135. The van der Waals surface area contributed by atoms with E-state index in [0.29, 0.717) is 0 Å². The number of nitrogens with two attached hydrogens (primary N) is 2. The molecule has 0 aromatic rings. The van der Waals surface area contributed by atoms with Gasteiger partial charge in [-0.25, -0.2) is 6.04 Å². The second-order valence-electron chi connectivity index (χ2n) is 2.95. The summed E-state index contributed by atoms with van der Waals surface area (Å²) >= 11 is 1.61. The van der Waals surface area contributed by atoms with Gasteiger partial charge in [0, 0.05) is 6.92 Å². The molecule has 6 heteroatoms. The van der Waals surface area contributed by atoms with E-state index in [1.165, 1.54) is 12.8 Å². The Morgan fingerprint density at radius 3 is 2.21 bits per heavy atom. The zero-order valence-corrected chi connectivity index (χ0v) is 11.1. The summed E-state index contributed by atoms with van der Waals surface area (Å²) in [4.78, 5) is 9.00. The summed E-state index contributed by atoms with van der Waals surface area (Å²) in [6.07, 6.45) is 4.62. The maximum atomic E-state index is 9.00. The van der Waals surface area contributed by atoms with Crippen LogP contribution in [0.5, 0.6) is 0 Å². The molecule has 1 fully saturated rings. The third kappa shape index (κ3) is 12.4. The van der Waals surface area contributed by atoms with Crippen molar-refractivity contribution in [1.29, 1.82) is 0 Å². The molecular weight excluding hydrogens is 387 g/mol. The van der Waals surface area contributed by atoms with Crippen molar-refractivity contribution in [1.82, 2.24) is 0 Å². The van der Waals surface area contributed by atoms with Gasteiger partial charge >= 0.3 is 28.2 Å². The summed E-state index contributed by atoms with van der Waals surface area (Å²) in [7, 11) is 4.61. The quantitative estimate of drug-likeness (QED) is 0.529. The van der Waals surface area contributed by atoms with E-state index >= 15 is 0 Å². The molecule has 14 heavy (non-hydrogen) atoms. The third-order valence-corrected chi connectivity index (χ3v) is 1.71. The number of aliphatic carboxylic acids is 1. The van der Waals surface area contributed by atoms with Crippen LogP contribution < -0.4 is 11.5 Å². The Hall–Kier alpha value is 0.368. The zero-order chi connectivity index (χ0) is 11.6. The van der Waals surface area contributed by atoms with Gasteiger partial charge in [-0.3, -0.25) is 4.79 Å². The fourth-order valence-corrected chi connectivity index (χ4v) is 1.06. The first-order chi connectivity index (χ1) is 6.54. The van der Waals surface area contributed by atoms with Gasteiger partial charge in [0.05, 0.1) is 0 Å². The number of hydrogen-bond acceptors (Lipinski definition) is 3. The van der Waals surface area contributed by atoms with Crippen LogP contribution in [0.15, 0.2) is 0 Å². The monoisotopic (exact) mass is 403 g/mol. The van der Waals surface area contributed by atoms with Crippen LogP contribution in [0.25, 0.3) is 0 Å². The van der Waals surface area contributed by atoms with E-state index in [4.69, 9.17) is 21.4 Å². The topological polar surface area (TPSA) is 89.3 Å². The van der Waals surface area contributed by atoms with Crippen molar-refractivity contribution < 1.29 is 28.7 Å². The van der Waals surface area contributed by atoms with Gasteiger partial charge in [0.2, 0.25) is 0 Å². The number of rotatable bonds is 0. The van der Waals surface area contributed by atoms with Crippen molar-refractivity contribution in [3.63, 3.8) is 0 Å². The fourth-order valence-electron chi connectivity index (χ4n) is 1.06. The second kappa shape index (κ2) is 11.4. The van der Waals surface area contributed by atoms with E-state index in [-0.39, 0.29) is 6.04 Å². The Balaban J connectivity index is 0. The minimum absolute atomic E-state index is 0.198. The molecule has 0 aromatic carbocycles. The second-order valence-corrected chi connectivity index (χ2v) is 2.95. The molecule has 0 aromatic heterocycles. The first kappa shape index (κ1) is 16.8. The molecule has 1 saturated carbocycles. The van der Waals surface area contributed by atoms with E-state index in [0.717, 1.165) is 25.8 Å². The zero-order valence-electron chi connectivity index (χ0n) is 8.11. The summed E-state index contributed by atoms with van der Waals surface area (Å²) in [6.45, 7) is 1.08. The number of hydrogen-bond donors (Lipinski definition) is 3. The molecule has 1 atom stereocenters. The maximum absolute atomic E-state index is 9.00. The Kier molecular flexibility index (Phi) is 13.7. The van der Waals surface area contributed by atoms with Crippen LogP contribution >= 0.6 is 9.42 Å². The fraction of sp³-hybridized carbons (Fsp3) is 0.750. The van der Waals surface area contributed by atoms with E-state index in [2.05, 4.69) is 9.42 Å². The molecule has 4 nitrogen and oxygen atoms in total. The van der Waals surface area contributed by atoms with Gasteiger partial charge in [0.25, 0.3) is 5.97 Å². The van der Waals surface area contributed by atoms with Crippen molar-refractivity contribution in [2.75, 3.05) is 0 Å². The van der Waals surface area contributed by atoms with Crippen LogP contribution in [0.4, 0.5) is 0 Å². The SMILES string of the molecule is CC(=O)O.N[C-]1CCCC[C@H]1N.[Cl][Pt+]. The van der Waals surface area contributed by atoms with Crippen LogP contribution in [0.1, 0.15) is 32.6 Å². The summed E-state index contributed by atoms with van der Waals surface area (Å²) in [5.74, 6) is -0.833. The number of carboxylic acids is 1. The molecule has 0 saturated heterocycles. The summed E-state index contributed by atoms with van der Waals surface area (Å²) < 4.78 is 0. The minimum atomic E-state index is -0.833. The van der Waals surface area contributed by atoms with Crippen LogP contribution in [-0.4, -0.2) is 17.1 Å². The molecule has 1 rings (SSSR count). The number of carbonyl (C=O) groups is 1. The van der Waals surface area contributed by atoms with Gasteiger partial charge in [-0.1, -0.05) is 19.3 Å². The van der Waals surface area contributed by atoms with Crippen LogP contribution in [-0.2, 0) is 23.6 Å². The predicted molar refractivity (Wildman–Crippen MR) is 53.0 cm³/mol. The molecule has 1 aliphatic rings. The molecule has 0 unspecified atom stereocenters. The summed E-state index contributed by atoms with van der Waals surface area (Å²) in [5.41, 5.74) is 11.2. The van der Waals surface area contributed by atoms with Crippen molar-refractivity contribution in [2.45, 2.75) is 38.6 Å². The average Bonchev–Trinajstić information content (AvgIpc) is 2.13. The summed E-state index contributed by atoms with van der Waals surface area (Å²) in [6, 6.07) is 1.19.